The summed E-state index contributed by atoms with van der Waals surface area (Å²) >= 11 is 0. The molecule has 8 heteroatoms. The molecule has 0 radical (unpaired) electrons. The van der Waals surface area contributed by atoms with Gasteiger partial charge in [-0.05, 0) is 24.0 Å². The van der Waals surface area contributed by atoms with Crippen LogP contribution in [0.3, 0.4) is 0 Å². The summed E-state index contributed by atoms with van der Waals surface area (Å²) in [4.78, 5) is 6.66. The maximum Gasteiger partial charge on any atom is 0.191 e. The monoisotopic (exact) mass is 496 g/mol. The molecule has 1 unspecified atom stereocenters. The third-order valence-corrected chi connectivity index (χ3v) is 4.70. The molecule has 1 aromatic carbocycles. The topological polar surface area (TPSA) is 48.9 Å². The molecule has 1 heterocycles. The molecule has 1 aromatic rings. The van der Waals surface area contributed by atoms with Crippen molar-refractivity contribution < 1.29 is 13.5 Å². The van der Waals surface area contributed by atoms with Crippen LogP contribution < -0.4 is 10.6 Å². The van der Waals surface area contributed by atoms with Gasteiger partial charge >= 0.3 is 0 Å². The minimum atomic E-state index is -0.810. The molecular weight excluding hydrogens is 465 g/mol. The van der Waals surface area contributed by atoms with Gasteiger partial charge in [-0.1, -0.05) is 26.0 Å². The molecule has 0 spiro atoms. The molecular formula is C19H31F2IN4O. The number of hydrogen-bond acceptors (Lipinski definition) is 3. The SMILES string of the molecule is CN=C(NCCc1cccc(F)c1F)NCC(C(C)C)N1CCOCC1.I. The lowest BCUT2D eigenvalue weighted by Crippen LogP contribution is -2.52. The van der Waals surface area contributed by atoms with Crippen molar-refractivity contribution >= 4 is 29.9 Å². The highest BCUT2D eigenvalue weighted by molar-refractivity contribution is 14.0. The van der Waals surface area contributed by atoms with Gasteiger partial charge < -0.3 is 15.4 Å². The fourth-order valence-electron chi connectivity index (χ4n) is 3.17. The van der Waals surface area contributed by atoms with Crippen molar-refractivity contribution in [1.29, 1.82) is 0 Å². The van der Waals surface area contributed by atoms with Crippen LogP contribution in [0.15, 0.2) is 23.2 Å². The number of nitrogens with one attached hydrogen (secondary N) is 2. The van der Waals surface area contributed by atoms with Crippen LogP contribution in [-0.4, -0.2) is 63.3 Å². The van der Waals surface area contributed by atoms with E-state index in [1.165, 1.54) is 6.07 Å². The number of benzene rings is 1. The fourth-order valence-corrected chi connectivity index (χ4v) is 3.17. The number of halogens is 3. The quantitative estimate of drug-likeness (QED) is 0.347. The number of hydrogen-bond donors (Lipinski definition) is 2. The smallest absolute Gasteiger partial charge is 0.191 e. The van der Waals surface area contributed by atoms with Gasteiger partial charge in [-0.3, -0.25) is 9.89 Å². The van der Waals surface area contributed by atoms with Crippen LogP contribution in [0.1, 0.15) is 19.4 Å². The van der Waals surface area contributed by atoms with Crippen LogP contribution in [0, 0.1) is 17.6 Å². The van der Waals surface area contributed by atoms with Crippen LogP contribution in [0.2, 0.25) is 0 Å². The maximum atomic E-state index is 13.7. The molecule has 27 heavy (non-hydrogen) atoms. The lowest BCUT2D eigenvalue weighted by atomic mass is 10.0. The Hall–Kier alpha value is -1.00. The molecule has 1 aliphatic heterocycles. The summed E-state index contributed by atoms with van der Waals surface area (Å²) in [6.45, 7) is 9.10. The second kappa shape index (κ2) is 12.5. The molecule has 1 saturated heterocycles. The van der Waals surface area contributed by atoms with E-state index < -0.39 is 11.6 Å². The van der Waals surface area contributed by atoms with Crippen molar-refractivity contribution in [3.63, 3.8) is 0 Å². The summed E-state index contributed by atoms with van der Waals surface area (Å²) in [5, 5.41) is 6.52. The van der Waals surface area contributed by atoms with Gasteiger partial charge in [0.2, 0.25) is 0 Å². The Balaban J connectivity index is 0.00000364. The van der Waals surface area contributed by atoms with E-state index >= 15 is 0 Å². The standard InChI is InChI=1S/C19H30F2N4O.HI/c1-14(2)17(25-9-11-26-12-10-25)13-24-19(22-3)23-8-7-15-5-4-6-16(20)18(15)21;/h4-6,14,17H,7-13H2,1-3H3,(H2,22,23,24);1H. The van der Waals surface area contributed by atoms with Gasteiger partial charge in [0, 0.05) is 39.3 Å². The van der Waals surface area contributed by atoms with Gasteiger partial charge in [0.05, 0.1) is 13.2 Å². The van der Waals surface area contributed by atoms with Crippen molar-refractivity contribution in [1.82, 2.24) is 15.5 Å². The van der Waals surface area contributed by atoms with Gasteiger partial charge in [-0.2, -0.15) is 0 Å². The average molecular weight is 496 g/mol. The lowest BCUT2D eigenvalue weighted by Gasteiger charge is -2.37. The van der Waals surface area contributed by atoms with Crippen molar-refractivity contribution in [2.45, 2.75) is 26.3 Å². The number of guanidine groups is 1. The maximum absolute atomic E-state index is 13.7. The molecule has 2 N–H and O–H groups in total. The summed E-state index contributed by atoms with van der Waals surface area (Å²) in [6, 6.07) is 4.64. The molecule has 0 aliphatic carbocycles. The number of aliphatic imine (C=N–C) groups is 1. The zero-order valence-electron chi connectivity index (χ0n) is 16.3. The number of nitrogens with zero attached hydrogens (tertiary/aromatic N) is 2. The molecule has 0 saturated carbocycles. The van der Waals surface area contributed by atoms with Crippen LogP contribution in [0.5, 0.6) is 0 Å². The summed E-state index contributed by atoms with van der Waals surface area (Å²) in [7, 11) is 1.71. The Morgan fingerprint density at radius 2 is 1.93 bits per heavy atom. The predicted octanol–water partition coefficient (Wildman–Crippen LogP) is 2.65. The number of morpholine rings is 1. The van der Waals surface area contributed by atoms with Crippen LogP contribution in [0.25, 0.3) is 0 Å². The third kappa shape index (κ3) is 7.50. The molecule has 1 aliphatic rings. The zero-order valence-corrected chi connectivity index (χ0v) is 18.6. The third-order valence-electron chi connectivity index (χ3n) is 4.70. The highest BCUT2D eigenvalue weighted by Crippen LogP contribution is 2.13. The van der Waals surface area contributed by atoms with Crippen LogP contribution in [-0.2, 0) is 11.2 Å². The Labute approximate surface area is 178 Å². The molecule has 5 nitrogen and oxygen atoms in total. The van der Waals surface area contributed by atoms with E-state index in [1.54, 1.807) is 13.1 Å². The van der Waals surface area contributed by atoms with E-state index in [2.05, 4.69) is 34.4 Å². The molecule has 1 atom stereocenters. The molecule has 0 aromatic heterocycles. The van der Waals surface area contributed by atoms with Gasteiger partial charge in [-0.15, -0.1) is 24.0 Å². The Morgan fingerprint density at radius 1 is 1.22 bits per heavy atom. The first kappa shape index (κ1) is 24.0. The van der Waals surface area contributed by atoms with Crippen molar-refractivity contribution in [2.24, 2.45) is 10.9 Å². The van der Waals surface area contributed by atoms with E-state index in [9.17, 15) is 8.78 Å². The number of rotatable bonds is 7. The van der Waals surface area contributed by atoms with E-state index in [0.717, 1.165) is 38.9 Å². The molecule has 0 amide bonds. The Kier molecular flexibility index (Phi) is 11.1. The Morgan fingerprint density at radius 3 is 2.56 bits per heavy atom. The summed E-state index contributed by atoms with van der Waals surface area (Å²) < 4.78 is 32.4. The summed E-state index contributed by atoms with van der Waals surface area (Å²) in [5.41, 5.74) is 0.362. The van der Waals surface area contributed by atoms with E-state index in [4.69, 9.17) is 4.74 Å². The van der Waals surface area contributed by atoms with Gasteiger partial charge in [0.25, 0.3) is 0 Å². The first-order valence-electron chi connectivity index (χ1n) is 9.22. The second-order valence-electron chi connectivity index (χ2n) is 6.80. The van der Waals surface area contributed by atoms with Gasteiger partial charge in [-0.25, -0.2) is 8.78 Å². The highest BCUT2D eigenvalue weighted by Gasteiger charge is 2.23. The van der Waals surface area contributed by atoms with Gasteiger partial charge in [0.1, 0.15) is 0 Å². The van der Waals surface area contributed by atoms with Crippen molar-refractivity contribution in [3.05, 3.63) is 35.4 Å². The predicted molar refractivity (Wildman–Crippen MR) is 116 cm³/mol. The second-order valence-corrected chi connectivity index (χ2v) is 6.80. The van der Waals surface area contributed by atoms with Crippen molar-refractivity contribution in [2.75, 3.05) is 46.4 Å². The first-order valence-corrected chi connectivity index (χ1v) is 9.22. The minimum absolute atomic E-state index is 0. The summed E-state index contributed by atoms with van der Waals surface area (Å²) in [6.07, 6.45) is 0.390. The van der Waals surface area contributed by atoms with E-state index in [0.29, 0.717) is 36.4 Å². The molecule has 2 rings (SSSR count). The lowest BCUT2D eigenvalue weighted by molar-refractivity contribution is 0.00752. The summed E-state index contributed by atoms with van der Waals surface area (Å²) in [5.74, 6) is -0.416. The molecule has 0 bridgehead atoms. The number of ether oxygens (including phenoxy) is 1. The first-order chi connectivity index (χ1) is 12.5. The minimum Gasteiger partial charge on any atom is -0.379 e. The zero-order chi connectivity index (χ0) is 18.9. The molecule has 1 fully saturated rings. The Bertz CT molecular complexity index is 595. The van der Waals surface area contributed by atoms with Crippen molar-refractivity contribution in [3.8, 4) is 0 Å². The highest BCUT2D eigenvalue weighted by atomic mass is 127. The largest absolute Gasteiger partial charge is 0.379 e. The normalized spacial score (nSPS) is 16.7. The van der Waals surface area contributed by atoms with Crippen LogP contribution in [0.4, 0.5) is 8.78 Å². The van der Waals surface area contributed by atoms with Crippen LogP contribution >= 0.6 is 24.0 Å². The average Bonchev–Trinajstić information content (AvgIpc) is 2.64. The van der Waals surface area contributed by atoms with E-state index in [-0.39, 0.29) is 24.0 Å². The fraction of sp³-hybridized carbons (Fsp3) is 0.632. The molecule has 154 valence electrons. The van der Waals surface area contributed by atoms with E-state index in [1.807, 2.05) is 0 Å². The van der Waals surface area contributed by atoms with Gasteiger partial charge in [0.15, 0.2) is 17.6 Å².